The second-order valence-electron chi connectivity index (χ2n) is 6.79. The van der Waals surface area contributed by atoms with E-state index >= 15 is 0 Å². The summed E-state index contributed by atoms with van der Waals surface area (Å²) in [6, 6.07) is 7.10. The quantitative estimate of drug-likeness (QED) is 0.560. The third-order valence-corrected chi connectivity index (χ3v) is 3.38. The van der Waals surface area contributed by atoms with Crippen molar-refractivity contribution in [2.24, 2.45) is 0 Å². The molecule has 0 saturated heterocycles. The molecular weight excluding hydrogens is 316 g/mol. The number of rotatable bonds is 8. The molecule has 0 heterocycles. The highest BCUT2D eigenvalue weighted by molar-refractivity contribution is 5.96. The van der Waals surface area contributed by atoms with E-state index in [2.05, 4.69) is 16.6 Å². The zero-order valence-corrected chi connectivity index (χ0v) is 15.4. The molecule has 0 aliphatic carbocycles. The predicted molar refractivity (Wildman–Crippen MR) is 99.4 cm³/mol. The van der Waals surface area contributed by atoms with Crippen LogP contribution in [0.2, 0.25) is 0 Å². The molecular formula is C20H28N2O3. The Bertz CT molecular complexity index is 612. The molecule has 0 radical (unpaired) electrons. The molecule has 1 rings (SSSR count). The van der Waals surface area contributed by atoms with Crippen LogP contribution in [0.15, 0.2) is 24.3 Å². The highest BCUT2D eigenvalue weighted by Gasteiger charge is 2.15. The SMILES string of the molecule is C#Cc1ccccc1C(=O)NCCCCCCNC(=O)OC(C)(C)C. The molecule has 0 bridgehead atoms. The van der Waals surface area contributed by atoms with Gasteiger partial charge in [-0.25, -0.2) is 4.79 Å². The maximum absolute atomic E-state index is 12.1. The minimum atomic E-state index is -0.472. The number of terminal acetylenes is 1. The van der Waals surface area contributed by atoms with Gasteiger partial charge >= 0.3 is 6.09 Å². The van der Waals surface area contributed by atoms with E-state index in [0.717, 1.165) is 25.7 Å². The number of ether oxygens (including phenoxy) is 1. The van der Waals surface area contributed by atoms with Gasteiger partial charge in [-0.15, -0.1) is 6.42 Å². The van der Waals surface area contributed by atoms with Crippen molar-refractivity contribution in [2.75, 3.05) is 13.1 Å². The lowest BCUT2D eigenvalue weighted by atomic mass is 10.1. The van der Waals surface area contributed by atoms with E-state index in [0.29, 0.717) is 24.2 Å². The standard InChI is InChI=1S/C20H28N2O3/c1-5-16-12-8-9-13-17(16)18(23)21-14-10-6-7-11-15-22-19(24)25-20(2,3)4/h1,8-9,12-13H,6-7,10-11,14-15H2,2-4H3,(H,21,23)(H,22,24). The predicted octanol–water partition coefficient (Wildman–Crippen LogP) is 3.48. The van der Waals surface area contributed by atoms with Gasteiger partial charge in [0, 0.05) is 18.7 Å². The second kappa shape index (κ2) is 10.4. The van der Waals surface area contributed by atoms with Crippen molar-refractivity contribution in [3.8, 4) is 12.3 Å². The van der Waals surface area contributed by atoms with Crippen molar-refractivity contribution in [1.82, 2.24) is 10.6 Å². The zero-order valence-electron chi connectivity index (χ0n) is 15.4. The van der Waals surface area contributed by atoms with Crippen LogP contribution in [0, 0.1) is 12.3 Å². The number of hydrogen-bond acceptors (Lipinski definition) is 3. The fourth-order valence-corrected chi connectivity index (χ4v) is 2.21. The van der Waals surface area contributed by atoms with Crippen LogP contribution in [0.3, 0.4) is 0 Å². The molecule has 25 heavy (non-hydrogen) atoms. The van der Waals surface area contributed by atoms with Crippen molar-refractivity contribution >= 4 is 12.0 Å². The second-order valence-corrected chi connectivity index (χ2v) is 6.79. The van der Waals surface area contributed by atoms with E-state index in [-0.39, 0.29) is 12.0 Å². The fourth-order valence-electron chi connectivity index (χ4n) is 2.21. The van der Waals surface area contributed by atoms with Crippen molar-refractivity contribution in [2.45, 2.75) is 52.1 Å². The summed E-state index contributed by atoms with van der Waals surface area (Å²) in [4.78, 5) is 23.5. The highest BCUT2D eigenvalue weighted by Crippen LogP contribution is 2.08. The lowest BCUT2D eigenvalue weighted by molar-refractivity contribution is 0.0526. The van der Waals surface area contributed by atoms with Crippen molar-refractivity contribution in [1.29, 1.82) is 0 Å². The smallest absolute Gasteiger partial charge is 0.407 e. The van der Waals surface area contributed by atoms with Gasteiger partial charge in [0.1, 0.15) is 5.60 Å². The molecule has 0 saturated carbocycles. The summed E-state index contributed by atoms with van der Waals surface area (Å²) in [7, 11) is 0. The number of alkyl carbamates (subject to hydrolysis) is 1. The summed E-state index contributed by atoms with van der Waals surface area (Å²) >= 11 is 0. The Morgan fingerprint density at radius 1 is 1.04 bits per heavy atom. The number of carbonyl (C=O) groups is 2. The monoisotopic (exact) mass is 344 g/mol. The molecule has 5 nitrogen and oxygen atoms in total. The largest absolute Gasteiger partial charge is 0.444 e. The lowest BCUT2D eigenvalue weighted by Gasteiger charge is -2.19. The summed E-state index contributed by atoms with van der Waals surface area (Å²) in [6.07, 6.45) is 8.74. The summed E-state index contributed by atoms with van der Waals surface area (Å²) in [5.41, 5.74) is 0.667. The Kier molecular flexibility index (Phi) is 8.55. The van der Waals surface area contributed by atoms with Gasteiger partial charge in [0.25, 0.3) is 5.91 Å². The minimum absolute atomic E-state index is 0.139. The Balaban J connectivity index is 2.10. The molecule has 136 valence electrons. The van der Waals surface area contributed by atoms with Crippen LogP contribution in [-0.4, -0.2) is 30.7 Å². The Hall–Kier alpha value is -2.48. The molecule has 0 aromatic heterocycles. The zero-order chi connectivity index (χ0) is 18.7. The molecule has 2 amide bonds. The molecule has 0 atom stereocenters. The van der Waals surface area contributed by atoms with Gasteiger partial charge < -0.3 is 15.4 Å². The topological polar surface area (TPSA) is 67.4 Å². The molecule has 0 aliphatic heterocycles. The first-order valence-electron chi connectivity index (χ1n) is 8.64. The van der Waals surface area contributed by atoms with Crippen molar-refractivity contribution in [3.63, 3.8) is 0 Å². The van der Waals surface area contributed by atoms with Crippen molar-refractivity contribution in [3.05, 3.63) is 35.4 Å². The van der Waals surface area contributed by atoms with E-state index in [9.17, 15) is 9.59 Å². The summed E-state index contributed by atoms with van der Waals surface area (Å²) in [5.74, 6) is 2.38. The number of unbranched alkanes of at least 4 members (excludes halogenated alkanes) is 3. The molecule has 0 fully saturated rings. The van der Waals surface area contributed by atoms with E-state index in [1.165, 1.54) is 0 Å². The van der Waals surface area contributed by atoms with Gasteiger partial charge in [-0.1, -0.05) is 30.9 Å². The van der Waals surface area contributed by atoms with Crippen LogP contribution in [0.25, 0.3) is 0 Å². The highest BCUT2D eigenvalue weighted by atomic mass is 16.6. The van der Waals surface area contributed by atoms with Crippen LogP contribution in [0.5, 0.6) is 0 Å². The number of benzene rings is 1. The molecule has 5 heteroatoms. The first-order chi connectivity index (χ1) is 11.8. The summed E-state index contributed by atoms with van der Waals surface area (Å²) in [5, 5.41) is 5.62. The van der Waals surface area contributed by atoms with Gasteiger partial charge in [0.05, 0.1) is 5.56 Å². The first-order valence-corrected chi connectivity index (χ1v) is 8.64. The third kappa shape index (κ3) is 8.80. The Labute approximate surface area is 150 Å². The van der Waals surface area contributed by atoms with E-state index in [1.54, 1.807) is 18.2 Å². The molecule has 0 unspecified atom stereocenters. The number of amides is 2. The van der Waals surface area contributed by atoms with Crippen LogP contribution < -0.4 is 10.6 Å². The molecule has 1 aromatic rings. The Morgan fingerprint density at radius 2 is 1.64 bits per heavy atom. The van der Waals surface area contributed by atoms with Crippen LogP contribution >= 0.6 is 0 Å². The average molecular weight is 344 g/mol. The van der Waals surface area contributed by atoms with E-state index in [4.69, 9.17) is 11.2 Å². The average Bonchev–Trinajstić information content (AvgIpc) is 2.55. The lowest BCUT2D eigenvalue weighted by Crippen LogP contribution is -2.33. The van der Waals surface area contributed by atoms with Gasteiger partial charge in [0.15, 0.2) is 0 Å². The third-order valence-electron chi connectivity index (χ3n) is 3.38. The summed E-state index contributed by atoms with van der Waals surface area (Å²) < 4.78 is 5.16. The molecule has 0 spiro atoms. The maximum atomic E-state index is 12.1. The molecule has 0 aliphatic rings. The normalized spacial score (nSPS) is 10.6. The minimum Gasteiger partial charge on any atom is -0.444 e. The van der Waals surface area contributed by atoms with Crippen LogP contribution in [0.1, 0.15) is 62.4 Å². The maximum Gasteiger partial charge on any atom is 0.407 e. The number of nitrogens with one attached hydrogen (secondary N) is 2. The van der Waals surface area contributed by atoms with E-state index < -0.39 is 5.60 Å². The van der Waals surface area contributed by atoms with Gasteiger partial charge in [0.2, 0.25) is 0 Å². The summed E-state index contributed by atoms with van der Waals surface area (Å²) in [6.45, 7) is 6.71. The molecule has 2 N–H and O–H groups in total. The van der Waals surface area contributed by atoms with Crippen LogP contribution in [-0.2, 0) is 4.74 Å². The van der Waals surface area contributed by atoms with E-state index in [1.807, 2.05) is 26.8 Å². The van der Waals surface area contributed by atoms with Crippen molar-refractivity contribution < 1.29 is 14.3 Å². The van der Waals surface area contributed by atoms with Gasteiger partial charge in [-0.2, -0.15) is 0 Å². The number of hydrogen-bond donors (Lipinski definition) is 2. The fraction of sp³-hybridized carbons (Fsp3) is 0.500. The van der Waals surface area contributed by atoms with Crippen LogP contribution in [0.4, 0.5) is 4.79 Å². The first kappa shape index (κ1) is 20.6. The van der Waals surface area contributed by atoms with Gasteiger partial charge in [-0.3, -0.25) is 4.79 Å². The van der Waals surface area contributed by atoms with Gasteiger partial charge in [-0.05, 0) is 45.7 Å². The molecule has 1 aromatic carbocycles. The Morgan fingerprint density at radius 3 is 2.24 bits per heavy atom. The number of carbonyl (C=O) groups excluding carboxylic acids is 2.